The summed E-state index contributed by atoms with van der Waals surface area (Å²) in [5.41, 5.74) is 7.64. The molecule has 1 amide bonds. The average molecular weight is 376 g/mol. The van der Waals surface area contributed by atoms with E-state index in [0.717, 1.165) is 22.4 Å². The summed E-state index contributed by atoms with van der Waals surface area (Å²) in [5.74, 6) is 0.310. The Balaban J connectivity index is 1.97. The lowest BCUT2D eigenvalue weighted by Crippen LogP contribution is -2.54. The van der Waals surface area contributed by atoms with E-state index in [1.165, 1.54) is 0 Å². The Bertz CT molecular complexity index is 885. The van der Waals surface area contributed by atoms with Crippen LogP contribution >= 0.6 is 0 Å². The minimum Gasteiger partial charge on any atom is -0.494 e. The number of carbonyl (C=O) groups excluding carboxylic acids is 1. The van der Waals surface area contributed by atoms with Crippen LogP contribution in [0.5, 0.6) is 5.75 Å². The number of benzene rings is 1. The number of nitrogens with one attached hydrogen (secondary N) is 1. The Morgan fingerprint density at radius 3 is 2.07 bits per heavy atom. The van der Waals surface area contributed by atoms with Gasteiger partial charge in [-0.25, -0.2) is 0 Å². The highest BCUT2D eigenvalue weighted by molar-refractivity contribution is 5.86. The standard InChI is InChI=1S/C22H24N4O2/c1-2-28-20-5-3-19(4-6-20)22(21(23)27,15-17-7-11-24-12-8-17)26-16-18-9-13-25-14-10-18/h3-14,26H,2,15-16H2,1H3,(H2,23,27). The van der Waals surface area contributed by atoms with Crippen LogP contribution < -0.4 is 15.8 Å². The molecule has 0 aliphatic heterocycles. The van der Waals surface area contributed by atoms with Crippen molar-refractivity contribution in [1.82, 2.24) is 15.3 Å². The van der Waals surface area contributed by atoms with Crippen LogP contribution in [0.3, 0.4) is 0 Å². The second-order valence-corrected chi connectivity index (χ2v) is 6.47. The van der Waals surface area contributed by atoms with E-state index < -0.39 is 11.4 Å². The van der Waals surface area contributed by atoms with E-state index in [9.17, 15) is 4.79 Å². The molecule has 0 bridgehead atoms. The molecule has 3 aromatic rings. The molecule has 1 atom stereocenters. The Kier molecular flexibility index (Phi) is 6.34. The summed E-state index contributed by atoms with van der Waals surface area (Å²) in [7, 11) is 0. The van der Waals surface area contributed by atoms with E-state index in [-0.39, 0.29) is 0 Å². The van der Waals surface area contributed by atoms with Gasteiger partial charge in [0.1, 0.15) is 11.3 Å². The van der Waals surface area contributed by atoms with Crippen molar-refractivity contribution in [3.63, 3.8) is 0 Å². The highest BCUT2D eigenvalue weighted by atomic mass is 16.5. The van der Waals surface area contributed by atoms with Gasteiger partial charge in [-0.05, 0) is 60.0 Å². The lowest BCUT2D eigenvalue weighted by molar-refractivity contribution is -0.125. The molecule has 3 N–H and O–H groups in total. The lowest BCUT2D eigenvalue weighted by atomic mass is 9.83. The maximum absolute atomic E-state index is 12.8. The van der Waals surface area contributed by atoms with E-state index in [2.05, 4.69) is 15.3 Å². The Morgan fingerprint density at radius 2 is 1.54 bits per heavy atom. The first-order chi connectivity index (χ1) is 13.6. The summed E-state index contributed by atoms with van der Waals surface area (Å²) in [6, 6.07) is 15.1. The van der Waals surface area contributed by atoms with Crippen LogP contribution in [0.25, 0.3) is 0 Å². The normalized spacial score (nSPS) is 12.9. The van der Waals surface area contributed by atoms with Crippen molar-refractivity contribution in [2.45, 2.75) is 25.4 Å². The maximum Gasteiger partial charge on any atom is 0.242 e. The lowest BCUT2D eigenvalue weighted by Gasteiger charge is -2.33. The van der Waals surface area contributed by atoms with Crippen molar-refractivity contribution >= 4 is 5.91 Å². The van der Waals surface area contributed by atoms with Crippen LogP contribution in [-0.4, -0.2) is 22.5 Å². The highest BCUT2D eigenvalue weighted by Crippen LogP contribution is 2.28. The fourth-order valence-electron chi connectivity index (χ4n) is 3.15. The quantitative estimate of drug-likeness (QED) is 0.599. The molecular formula is C22H24N4O2. The number of nitrogens with zero attached hydrogens (tertiary/aromatic N) is 2. The topological polar surface area (TPSA) is 90.1 Å². The summed E-state index contributed by atoms with van der Waals surface area (Å²) < 4.78 is 5.53. The van der Waals surface area contributed by atoms with Gasteiger partial charge in [0, 0.05) is 37.8 Å². The van der Waals surface area contributed by atoms with E-state index in [1.54, 1.807) is 24.8 Å². The van der Waals surface area contributed by atoms with Gasteiger partial charge in [0.05, 0.1) is 6.61 Å². The fourth-order valence-corrected chi connectivity index (χ4v) is 3.15. The smallest absolute Gasteiger partial charge is 0.242 e. The van der Waals surface area contributed by atoms with Gasteiger partial charge >= 0.3 is 0 Å². The van der Waals surface area contributed by atoms with Crippen LogP contribution in [0.1, 0.15) is 23.6 Å². The SMILES string of the molecule is CCOc1ccc(C(Cc2ccncc2)(NCc2ccncc2)C(N)=O)cc1. The van der Waals surface area contributed by atoms with Gasteiger partial charge in [-0.1, -0.05) is 12.1 Å². The van der Waals surface area contributed by atoms with Crippen molar-refractivity contribution < 1.29 is 9.53 Å². The molecule has 1 unspecified atom stereocenters. The predicted molar refractivity (Wildman–Crippen MR) is 108 cm³/mol. The second kappa shape index (κ2) is 9.10. The van der Waals surface area contributed by atoms with Gasteiger partial charge in [-0.3, -0.25) is 20.1 Å². The zero-order valence-corrected chi connectivity index (χ0v) is 15.8. The molecule has 0 aliphatic rings. The van der Waals surface area contributed by atoms with Crippen molar-refractivity contribution in [2.75, 3.05) is 6.61 Å². The number of hydrogen-bond acceptors (Lipinski definition) is 5. The predicted octanol–water partition coefficient (Wildman–Crippen LogP) is 2.59. The third-order valence-electron chi connectivity index (χ3n) is 4.64. The zero-order valence-electron chi connectivity index (χ0n) is 15.8. The number of hydrogen-bond donors (Lipinski definition) is 2. The molecule has 6 heteroatoms. The maximum atomic E-state index is 12.8. The number of ether oxygens (including phenoxy) is 1. The summed E-state index contributed by atoms with van der Waals surface area (Å²) >= 11 is 0. The zero-order chi connectivity index (χ0) is 19.8. The van der Waals surface area contributed by atoms with Crippen molar-refractivity contribution in [3.8, 4) is 5.75 Å². The first-order valence-corrected chi connectivity index (χ1v) is 9.20. The number of rotatable bonds is 9. The fraction of sp³-hybridized carbons (Fsp3) is 0.227. The third kappa shape index (κ3) is 4.53. The molecule has 0 radical (unpaired) electrons. The summed E-state index contributed by atoms with van der Waals surface area (Å²) in [6.07, 6.45) is 7.28. The molecule has 28 heavy (non-hydrogen) atoms. The first-order valence-electron chi connectivity index (χ1n) is 9.20. The monoisotopic (exact) mass is 376 g/mol. The van der Waals surface area contributed by atoms with Crippen LogP contribution in [0.4, 0.5) is 0 Å². The van der Waals surface area contributed by atoms with Crippen LogP contribution in [0.15, 0.2) is 73.3 Å². The van der Waals surface area contributed by atoms with E-state index in [1.807, 2.05) is 55.5 Å². The van der Waals surface area contributed by atoms with E-state index in [4.69, 9.17) is 10.5 Å². The van der Waals surface area contributed by atoms with Crippen molar-refractivity contribution in [1.29, 1.82) is 0 Å². The van der Waals surface area contributed by atoms with Gasteiger partial charge in [-0.2, -0.15) is 0 Å². The number of pyridine rings is 2. The molecule has 0 saturated heterocycles. The van der Waals surface area contributed by atoms with Gasteiger partial charge in [0.25, 0.3) is 0 Å². The minimum atomic E-state index is -1.07. The second-order valence-electron chi connectivity index (χ2n) is 6.47. The molecular weight excluding hydrogens is 352 g/mol. The van der Waals surface area contributed by atoms with Crippen LogP contribution in [-0.2, 0) is 23.3 Å². The molecule has 2 heterocycles. The summed E-state index contributed by atoms with van der Waals surface area (Å²) in [5, 5.41) is 3.40. The van der Waals surface area contributed by atoms with Gasteiger partial charge in [0.2, 0.25) is 5.91 Å². The third-order valence-corrected chi connectivity index (χ3v) is 4.64. The number of primary amides is 1. The molecule has 6 nitrogen and oxygen atoms in total. The van der Waals surface area contributed by atoms with Crippen LogP contribution in [0.2, 0.25) is 0 Å². The molecule has 2 aromatic heterocycles. The number of nitrogens with two attached hydrogens (primary N) is 1. The molecule has 0 aliphatic carbocycles. The summed E-state index contributed by atoms with van der Waals surface area (Å²) in [6.45, 7) is 2.99. The van der Waals surface area contributed by atoms with E-state index >= 15 is 0 Å². The molecule has 0 saturated carbocycles. The number of carbonyl (C=O) groups is 1. The largest absolute Gasteiger partial charge is 0.494 e. The highest BCUT2D eigenvalue weighted by Gasteiger charge is 2.38. The Labute approximate surface area is 164 Å². The molecule has 3 rings (SSSR count). The van der Waals surface area contributed by atoms with Gasteiger partial charge in [-0.15, -0.1) is 0 Å². The van der Waals surface area contributed by atoms with Crippen LogP contribution in [0, 0.1) is 0 Å². The van der Waals surface area contributed by atoms with Crippen molar-refractivity contribution in [2.24, 2.45) is 5.73 Å². The van der Waals surface area contributed by atoms with Gasteiger partial charge in [0.15, 0.2) is 0 Å². The number of amides is 1. The molecule has 0 fully saturated rings. The van der Waals surface area contributed by atoms with E-state index in [0.29, 0.717) is 19.6 Å². The van der Waals surface area contributed by atoms with Gasteiger partial charge < -0.3 is 10.5 Å². The Morgan fingerprint density at radius 1 is 0.964 bits per heavy atom. The first kappa shape index (κ1) is 19.5. The number of aromatic nitrogens is 2. The summed E-state index contributed by atoms with van der Waals surface area (Å²) in [4.78, 5) is 20.9. The molecule has 144 valence electrons. The molecule has 0 spiro atoms. The Hall–Kier alpha value is -3.25. The van der Waals surface area contributed by atoms with Crippen molar-refractivity contribution in [3.05, 3.63) is 90.0 Å². The average Bonchev–Trinajstić information content (AvgIpc) is 2.73. The minimum absolute atomic E-state index is 0.407. The molecule has 1 aromatic carbocycles.